The van der Waals surface area contributed by atoms with E-state index in [-0.39, 0.29) is 11.1 Å². The summed E-state index contributed by atoms with van der Waals surface area (Å²) in [7, 11) is 0. The third kappa shape index (κ3) is 2.86. The Morgan fingerprint density at radius 3 is 3.07 bits per heavy atom. The van der Waals surface area contributed by atoms with Gasteiger partial charge in [0.05, 0.1) is 0 Å². The maximum absolute atomic E-state index is 11.0. The van der Waals surface area contributed by atoms with E-state index in [9.17, 15) is 4.79 Å². The monoisotopic (exact) mass is 252 g/mol. The zero-order valence-corrected chi connectivity index (χ0v) is 9.04. The van der Waals surface area contributed by atoms with Gasteiger partial charge in [-0.25, -0.2) is 0 Å². The summed E-state index contributed by atoms with van der Waals surface area (Å²) in [6.07, 6.45) is 6.36. The molecule has 14 heavy (non-hydrogen) atoms. The number of aromatic nitrogens is 1. The highest BCUT2D eigenvalue weighted by Gasteiger charge is 1.97. The van der Waals surface area contributed by atoms with Crippen molar-refractivity contribution in [1.29, 1.82) is 5.26 Å². The number of H-pyrrole nitrogens is 1. The lowest BCUT2D eigenvalue weighted by Crippen LogP contribution is -2.08. The minimum absolute atomic E-state index is 0.144. The van der Waals surface area contributed by atoms with Crippen molar-refractivity contribution < 1.29 is 0 Å². The molecule has 0 aliphatic carbocycles. The molecule has 0 saturated carbocycles. The van der Waals surface area contributed by atoms with Crippen LogP contribution in [0.2, 0.25) is 0 Å². The fraction of sp³-hybridized carbons (Fsp3) is 0.200. The minimum Gasteiger partial charge on any atom is -0.327 e. The Bertz CT molecular complexity index is 428. The maximum atomic E-state index is 11.0. The molecule has 1 N–H and O–H groups in total. The van der Waals surface area contributed by atoms with E-state index in [0.29, 0.717) is 0 Å². The van der Waals surface area contributed by atoms with Crippen LogP contribution in [0.4, 0.5) is 0 Å². The van der Waals surface area contributed by atoms with Gasteiger partial charge in [-0.1, -0.05) is 28.1 Å². The normalized spacial score (nSPS) is 10.3. The molecule has 0 atom stereocenters. The molecule has 72 valence electrons. The first kappa shape index (κ1) is 10.7. The fourth-order valence-electron chi connectivity index (χ4n) is 0.962. The van der Waals surface area contributed by atoms with E-state index in [1.807, 2.05) is 18.2 Å². The molecule has 1 rings (SSSR count). The van der Waals surface area contributed by atoms with Crippen LogP contribution in [0.15, 0.2) is 23.1 Å². The third-order valence-corrected chi connectivity index (χ3v) is 2.09. The van der Waals surface area contributed by atoms with Gasteiger partial charge in [0.2, 0.25) is 0 Å². The Labute approximate surface area is 90.2 Å². The van der Waals surface area contributed by atoms with Gasteiger partial charge in [-0.05, 0) is 18.1 Å². The first-order valence-corrected chi connectivity index (χ1v) is 5.25. The van der Waals surface area contributed by atoms with Crippen molar-refractivity contribution in [3.05, 3.63) is 39.8 Å². The Morgan fingerprint density at radius 2 is 2.43 bits per heavy atom. The second-order valence-electron chi connectivity index (χ2n) is 2.67. The predicted octanol–water partition coefficient (Wildman–Crippen LogP) is 2.04. The van der Waals surface area contributed by atoms with Crippen molar-refractivity contribution in [2.24, 2.45) is 0 Å². The van der Waals surface area contributed by atoms with Crippen molar-refractivity contribution in [2.45, 2.75) is 6.42 Å². The third-order valence-electron chi connectivity index (χ3n) is 1.63. The second kappa shape index (κ2) is 5.40. The van der Waals surface area contributed by atoms with Crippen LogP contribution in [0.3, 0.4) is 0 Å². The summed E-state index contributed by atoms with van der Waals surface area (Å²) in [5.74, 6) is 0. The van der Waals surface area contributed by atoms with E-state index in [2.05, 4.69) is 20.9 Å². The maximum Gasteiger partial charge on any atom is 0.265 e. The number of hydrogen-bond donors (Lipinski definition) is 1. The van der Waals surface area contributed by atoms with Gasteiger partial charge in [0, 0.05) is 11.5 Å². The van der Waals surface area contributed by atoms with Crippen molar-refractivity contribution in [1.82, 2.24) is 4.98 Å². The van der Waals surface area contributed by atoms with Gasteiger partial charge < -0.3 is 4.98 Å². The van der Waals surface area contributed by atoms with Crippen LogP contribution in [0, 0.1) is 11.3 Å². The smallest absolute Gasteiger partial charge is 0.265 e. The van der Waals surface area contributed by atoms with Gasteiger partial charge in [-0.3, -0.25) is 4.79 Å². The van der Waals surface area contributed by atoms with Gasteiger partial charge >= 0.3 is 0 Å². The molecule has 0 saturated heterocycles. The predicted molar refractivity (Wildman–Crippen MR) is 59.2 cm³/mol. The number of nitriles is 1. The first-order chi connectivity index (χ1) is 6.77. The van der Waals surface area contributed by atoms with E-state index < -0.39 is 0 Å². The largest absolute Gasteiger partial charge is 0.327 e. The van der Waals surface area contributed by atoms with Crippen molar-refractivity contribution in [2.75, 3.05) is 5.33 Å². The SMILES string of the molecule is N#Cc1cc(C=CCCBr)c[nH]c1=O. The second-order valence-corrected chi connectivity index (χ2v) is 3.46. The number of pyridine rings is 1. The number of nitrogens with one attached hydrogen (secondary N) is 1. The van der Waals surface area contributed by atoms with Gasteiger partial charge in [0.1, 0.15) is 11.6 Å². The lowest BCUT2D eigenvalue weighted by molar-refractivity contribution is 1.20. The summed E-state index contributed by atoms with van der Waals surface area (Å²) in [4.78, 5) is 13.5. The number of aromatic amines is 1. The molecule has 0 bridgehead atoms. The topological polar surface area (TPSA) is 56.6 Å². The summed E-state index contributed by atoms with van der Waals surface area (Å²) >= 11 is 3.30. The van der Waals surface area contributed by atoms with E-state index in [1.54, 1.807) is 12.3 Å². The van der Waals surface area contributed by atoms with Crippen molar-refractivity contribution in [3.8, 4) is 6.07 Å². The van der Waals surface area contributed by atoms with Crippen LogP contribution in [-0.2, 0) is 0 Å². The van der Waals surface area contributed by atoms with Crippen LogP contribution in [0.25, 0.3) is 6.08 Å². The lowest BCUT2D eigenvalue weighted by atomic mass is 10.2. The summed E-state index contributed by atoms with van der Waals surface area (Å²) in [6, 6.07) is 3.41. The molecule has 0 spiro atoms. The Balaban J connectivity index is 2.91. The van der Waals surface area contributed by atoms with E-state index in [4.69, 9.17) is 5.26 Å². The standard InChI is InChI=1S/C10H9BrN2O/c11-4-2-1-3-8-5-9(6-12)10(14)13-7-8/h1,3,5,7H,2,4H2,(H,13,14). The van der Waals surface area contributed by atoms with Crippen LogP contribution in [0.5, 0.6) is 0 Å². The zero-order valence-electron chi connectivity index (χ0n) is 7.46. The van der Waals surface area contributed by atoms with Crippen LogP contribution < -0.4 is 5.56 Å². The molecule has 1 aromatic heterocycles. The lowest BCUT2D eigenvalue weighted by Gasteiger charge is -1.92. The minimum atomic E-state index is -0.342. The summed E-state index contributed by atoms with van der Waals surface area (Å²) in [6.45, 7) is 0. The quantitative estimate of drug-likeness (QED) is 0.838. The van der Waals surface area contributed by atoms with E-state index >= 15 is 0 Å². The number of rotatable bonds is 3. The molecule has 1 heterocycles. The summed E-state index contributed by atoms with van der Waals surface area (Å²) in [5.41, 5.74) is 0.637. The Hall–Kier alpha value is -1.34. The van der Waals surface area contributed by atoms with E-state index in [1.165, 1.54) is 0 Å². The highest BCUT2D eigenvalue weighted by atomic mass is 79.9. The molecule has 3 nitrogen and oxygen atoms in total. The molecule has 4 heteroatoms. The van der Waals surface area contributed by atoms with Gasteiger partial charge in [-0.2, -0.15) is 5.26 Å². The molecular weight excluding hydrogens is 244 g/mol. The van der Waals surface area contributed by atoms with Crippen LogP contribution >= 0.6 is 15.9 Å². The molecule has 0 unspecified atom stereocenters. The molecule has 0 fully saturated rings. The molecule has 0 aliphatic heterocycles. The highest BCUT2D eigenvalue weighted by molar-refractivity contribution is 9.09. The average Bonchev–Trinajstić information content (AvgIpc) is 2.21. The number of hydrogen-bond acceptors (Lipinski definition) is 2. The number of allylic oxidation sites excluding steroid dienone is 1. The molecule has 0 amide bonds. The fourth-order valence-corrected chi connectivity index (χ4v) is 1.23. The summed E-state index contributed by atoms with van der Waals surface area (Å²) in [5, 5.41) is 9.51. The molecular formula is C10H9BrN2O. The Morgan fingerprint density at radius 1 is 1.64 bits per heavy atom. The van der Waals surface area contributed by atoms with Crippen LogP contribution in [-0.4, -0.2) is 10.3 Å². The zero-order chi connectivity index (χ0) is 10.4. The van der Waals surface area contributed by atoms with Gasteiger partial charge in [-0.15, -0.1) is 0 Å². The molecule has 0 aromatic carbocycles. The average molecular weight is 253 g/mol. The van der Waals surface area contributed by atoms with Gasteiger partial charge in [0.15, 0.2) is 0 Å². The number of alkyl halides is 1. The van der Waals surface area contributed by atoms with Crippen molar-refractivity contribution >= 4 is 22.0 Å². The summed E-state index contributed by atoms with van der Waals surface area (Å²) < 4.78 is 0. The highest BCUT2D eigenvalue weighted by Crippen LogP contribution is 2.02. The number of nitrogens with zero attached hydrogens (tertiary/aromatic N) is 1. The molecule has 1 aromatic rings. The van der Waals surface area contributed by atoms with E-state index in [0.717, 1.165) is 17.3 Å². The first-order valence-electron chi connectivity index (χ1n) is 4.13. The van der Waals surface area contributed by atoms with Gasteiger partial charge in [0.25, 0.3) is 5.56 Å². The number of halogens is 1. The molecule has 0 aliphatic rings. The van der Waals surface area contributed by atoms with Crippen molar-refractivity contribution in [3.63, 3.8) is 0 Å². The Kier molecular flexibility index (Phi) is 4.14. The molecule has 0 radical (unpaired) electrons. The van der Waals surface area contributed by atoms with Crippen LogP contribution in [0.1, 0.15) is 17.5 Å².